The van der Waals surface area contributed by atoms with E-state index >= 15 is 0 Å². The highest BCUT2D eigenvalue weighted by Gasteiger charge is 2.37. The van der Waals surface area contributed by atoms with E-state index < -0.39 is 17.2 Å². The number of fused-ring (bicyclic) bond motifs is 2. The lowest BCUT2D eigenvalue weighted by atomic mass is 9.98. The van der Waals surface area contributed by atoms with Gasteiger partial charge in [0.25, 0.3) is 0 Å². The number of nitrogens with zero attached hydrogens (tertiary/aromatic N) is 5. The van der Waals surface area contributed by atoms with E-state index in [0.717, 1.165) is 43.9 Å². The highest BCUT2D eigenvalue weighted by atomic mass is 19.1. The predicted molar refractivity (Wildman–Crippen MR) is 174 cm³/mol. The van der Waals surface area contributed by atoms with Crippen LogP contribution in [-0.4, -0.2) is 104 Å². The lowest BCUT2D eigenvalue weighted by molar-refractivity contribution is -0.0908. The summed E-state index contributed by atoms with van der Waals surface area (Å²) >= 11 is 0. The number of ether oxygens (including phenoxy) is 3. The minimum Gasteiger partial charge on any atom is -0.444 e. The van der Waals surface area contributed by atoms with Crippen molar-refractivity contribution in [2.45, 2.75) is 64.5 Å². The summed E-state index contributed by atoms with van der Waals surface area (Å²) in [6, 6.07) is 6.73. The summed E-state index contributed by atoms with van der Waals surface area (Å²) in [5.74, 6) is -0.942. The van der Waals surface area contributed by atoms with Crippen LogP contribution in [0.5, 0.6) is 0 Å². The summed E-state index contributed by atoms with van der Waals surface area (Å²) in [4.78, 5) is 25.4. The van der Waals surface area contributed by atoms with E-state index in [1.165, 1.54) is 12.1 Å². The van der Waals surface area contributed by atoms with Crippen LogP contribution in [0, 0.1) is 38.6 Å². The average Bonchev–Trinajstić information content (AvgIpc) is 3.04. The van der Waals surface area contributed by atoms with Gasteiger partial charge < -0.3 is 24.4 Å². The third-order valence-electron chi connectivity index (χ3n) is 9.27. The summed E-state index contributed by atoms with van der Waals surface area (Å²) in [7, 11) is 0. The monoisotopic (exact) mass is 650 g/mol. The first-order valence-corrected chi connectivity index (χ1v) is 16.1. The Kier molecular flexibility index (Phi) is 10.8. The van der Waals surface area contributed by atoms with Crippen LogP contribution in [0.4, 0.5) is 25.0 Å². The van der Waals surface area contributed by atoms with Gasteiger partial charge in [0.05, 0.1) is 44.6 Å². The standard InChI is InChI=1S/C20H26FN3O3.C15H18FN3O/c1-13-15(6-7-16(21)18(13)22-5)17-11-23-8-9-24(10-14(23)12-26-17)19(25)27-20(2,3)4;1-10-12(3-4-13(16)15(10)17-2)14-8-19-6-5-18-7-11(19)9-20-14/h6-7,14,17H,8-12H2,1-4H3;3-4,11,14,18H,5-9H2,1H3/t14-,17+;11-,14+/m00/s1. The van der Waals surface area contributed by atoms with Crippen molar-refractivity contribution in [2.75, 3.05) is 65.6 Å². The van der Waals surface area contributed by atoms with Gasteiger partial charge in [-0.05, 0) is 69.0 Å². The van der Waals surface area contributed by atoms with Gasteiger partial charge >= 0.3 is 6.09 Å². The number of halogens is 2. The zero-order valence-electron chi connectivity index (χ0n) is 27.8. The van der Waals surface area contributed by atoms with Gasteiger partial charge in [0, 0.05) is 58.4 Å². The van der Waals surface area contributed by atoms with Crippen molar-refractivity contribution in [2.24, 2.45) is 0 Å². The molecule has 1 N–H and O–H groups in total. The van der Waals surface area contributed by atoms with E-state index in [4.69, 9.17) is 27.4 Å². The van der Waals surface area contributed by atoms with Crippen molar-refractivity contribution in [3.8, 4) is 0 Å². The maximum Gasteiger partial charge on any atom is 0.410 e. The van der Waals surface area contributed by atoms with Crippen molar-refractivity contribution in [3.05, 3.63) is 81.0 Å². The topological polar surface area (TPSA) is 75.2 Å². The Bertz CT molecular complexity index is 1550. The second-order valence-corrected chi connectivity index (χ2v) is 13.5. The van der Waals surface area contributed by atoms with Crippen LogP contribution in [-0.2, 0) is 14.2 Å². The molecular weight excluding hydrogens is 606 g/mol. The fraction of sp³-hybridized carbons (Fsp3) is 0.571. The fourth-order valence-corrected chi connectivity index (χ4v) is 6.69. The molecule has 2 aromatic rings. The molecule has 0 saturated carbocycles. The summed E-state index contributed by atoms with van der Waals surface area (Å²) < 4.78 is 44.8. The molecule has 4 atom stereocenters. The summed E-state index contributed by atoms with van der Waals surface area (Å²) in [6.45, 7) is 31.0. The molecule has 4 aliphatic rings. The first-order valence-electron chi connectivity index (χ1n) is 16.1. The molecule has 12 heteroatoms. The number of hydrogen-bond acceptors (Lipinski definition) is 7. The van der Waals surface area contributed by atoms with Crippen LogP contribution in [0.25, 0.3) is 9.69 Å². The number of morpholine rings is 2. The van der Waals surface area contributed by atoms with Crippen molar-refractivity contribution >= 4 is 17.5 Å². The van der Waals surface area contributed by atoms with Gasteiger partial charge in [-0.3, -0.25) is 9.80 Å². The number of carbonyl (C=O) groups is 1. The Morgan fingerprint density at radius 3 is 1.91 bits per heavy atom. The number of nitrogens with one attached hydrogen (secondary N) is 1. The molecule has 0 spiro atoms. The average molecular weight is 651 g/mol. The molecule has 0 aromatic heterocycles. The SMILES string of the molecule is [C-]#[N+]c1c(F)ccc([C@H]2CN3CCN(C(=O)OC(C)(C)C)C[C@H]3CO2)c1C.[C-]#[N+]c1c(F)ccc([C@H]2CN3CCNC[C@H]3CO2)c1C. The predicted octanol–water partition coefficient (Wildman–Crippen LogP) is 5.71. The number of benzene rings is 2. The van der Waals surface area contributed by atoms with Crippen LogP contribution in [0.2, 0.25) is 0 Å². The molecule has 6 rings (SSSR count). The molecule has 4 fully saturated rings. The minimum absolute atomic E-state index is 0.0629. The van der Waals surface area contributed by atoms with Crippen LogP contribution in [0.15, 0.2) is 24.3 Å². The highest BCUT2D eigenvalue weighted by molar-refractivity contribution is 5.68. The first kappa shape index (κ1) is 34.7. The molecule has 0 radical (unpaired) electrons. The molecular formula is C35H44F2N6O4. The Morgan fingerprint density at radius 1 is 0.851 bits per heavy atom. The number of hydrogen-bond donors (Lipinski definition) is 1. The number of carbonyl (C=O) groups excluding carboxylic acids is 1. The largest absolute Gasteiger partial charge is 0.444 e. The number of rotatable bonds is 2. The Morgan fingerprint density at radius 2 is 1.38 bits per heavy atom. The Labute approximate surface area is 276 Å². The second-order valence-electron chi connectivity index (χ2n) is 13.5. The van der Waals surface area contributed by atoms with Crippen LogP contribution < -0.4 is 5.32 Å². The molecule has 10 nitrogen and oxygen atoms in total. The van der Waals surface area contributed by atoms with Gasteiger partial charge in [0.15, 0.2) is 0 Å². The van der Waals surface area contributed by atoms with E-state index in [1.54, 1.807) is 30.9 Å². The van der Waals surface area contributed by atoms with Crippen molar-refractivity contribution in [1.82, 2.24) is 20.0 Å². The third-order valence-corrected chi connectivity index (χ3v) is 9.27. The van der Waals surface area contributed by atoms with E-state index in [2.05, 4.69) is 24.8 Å². The molecule has 0 bridgehead atoms. The molecule has 0 aliphatic carbocycles. The first-order chi connectivity index (χ1) is 22.4. The maximum atomic E-state index is 13.8. The lowest BCUT2D eigenvalue weighted by Gasteiger charge is -2.46. The third kappa shape index (κ3) is 7.91. The van der Waals surface area contributed by atoms with Gasteiger partial charge in [-0.1, -0.05) is 12.1 Å². The van der Waals surface area contributed by atoms with E-state index in [1.807, 2.05) is 20.8 Å². The van der Waals surface area contributed by atoms with Gasteiger partial charge in [-0.2, -0.15) is 0 Å². The van der Waals surface area contributed by atoms with Gasteiger partial charge in [0.2, 0.25) is 11.4 Å². The zero-order valence-corrected chi connectivity index (χ0v) is 27.8. The summed E-state index contributed by atoms with van der Waals surface area (Å²) in [6.07, 6.45) is -0.554. The summed E-state index contributed by atoms with van der Waals surface area (Å²) in [5, 5.41) is 3.36. The normalized spacial score (nSPS) is 24.9. The smallest absolute Gasteiger partial charge is 0.410 e. The van der Waals surface area contributed by atoms with Gasteiger partial charge in [-0.25, -0.2) is 23.3 Å². The molecule has 1 amide bonds. The molecule has 2 aromatic carbocycles. The van der Waals surface area contributed by atoms with Gasteiger partial charge in [-0.15, -0.1) is 0 Å². The van der Waals surface area contributed by atoms with Crippen molar-refractivity contribution < 1.29 is 27.8 Å². The van der Waals surface area contributed by atoms with Crippen molar-refractivity contribution in [3.63, 3.8) is 0 Å². The Balaban J connectivity index is 0.000000193. The minimum atomic E-state index is -0.511. The van der Waals surface area contributed by atoms with E-state index in [0.29, 0.717) is 50.0 Å². The second kappa shape index (κ2) is 14.6. The fourth-order valence-electron chi connectivity index (χ4n) is 6.69. The van der Waals surface area contributed by atoms with Crippen LogP contribution in [0.3, 0.4) is 0 Å². The quantitative estimate of drug-likeness (QED) is 0.418. The number of piperazine rings is 2. The van der Waals surface area contributed by atoms with Crippen LogP contribution in [0.1, 0.15) is 55.2 Å². The molecule has 47 heavy (non-hydrogen) atoms. The molecule has 4 saturated heterocycles. The maximum absolute atomic E-state index is 13.8. The zero-order chi connectivity index (χ0) is 33.9. The molecule has 4 aliphatic heterocycles. The van der Waals surface area contributed by atoms with E-state index in [-0.39, 0.29) is 35.7 Å². The van der Waals surface area contributed by atoms with Gasteiger partial charge in [0.1, 0.15) is 17.2 Å². The summed E-state index contributed by atoms with van der Waals surface area (Å²) in [5.41, 5.74) is 2.81. The van der Waals surface area contributed by atoms with E-state index in [9.17, 15) is 13.6 Å². The number of amides is 1. The lowest BCUT2D eigenvalue weighted by Crippen LogP contribution is -2.60. The molecule has 4 heterocycles. The van der Waals surface area contributed by atoms with Crippen LogP contribution >= 0.6 is 0 Å². The molecule has 252 valence electrons. The highest BCUT2D eigenvalue weighted by Crippen LogP contribution is 2.35. The van der Waals surface area contributed by atoms with Crippen molar-refractivity contribution in [1.29, 1.82) is 0 Å². The Hall–Kier alpha value is -3.65. The molecule has 0 unspecified atom stereocenters.